The molecule has 180 valence electrons. The lowest BCUT2D eigenvalue weighted by atomic mass is 9.94. The molecule has 0 spiro atoms. The van der Waals surface area contributed by atoms with Crippen molar-refractivity contribution in [3.05, 3.63) is 106 Å². The van der Waals surface area contributed by atoms with Crippen LogP contribution in [0.25, 0.3) is 0 Å². The average Bonchev–Trinajstić information content (AvgIpc) is 3.27. The highest BCUT2D eigenvalue weighted by Crippen LogP contribution is 2.35. The largest absolute Gasteiger partial charge is 0.343 e. The number of amides is 1. The van der Waals surface area contributed by atoms with Gasteiger partial charge < -0.3 is 5.32 Å². The summed E-state index contributed by atoms with van der Waals surface area (Å²) in [5.74, 6) is -0.154. The molecular formula is C25H23BrN4O3S2. The van der Waals surface area contributed by atoms with Gasteiger partial charge in [-0.2, -0.15) is 8.75 Å². The molecule has 4 aromatic rings. The summed E-state index contributed by atoms with van der Waals surface area (Å²) in [5, 5.41) is 3.05. The monoisotopic (exact) mass is 570 g/mol. The fourth-order valence-corrected chi connectivity index (χ4v) is 5.24. The van der Waals surface area contributed by atoms with Gasteiger partial charge in [0.2, 0.25) is 0 Å². The van der Waals surface area contributed by atoms with E-state index in [4.69, 9.17) is 0 Å². The Morgan fingerprint density at radius 3 is 2.37 bits per heavy atom. The van der Waals surface area contributed by atoms with E-state index in [2.05, 4.69) is 30.0 Å². The molecule has 0 radical (unpaired) electrons. The lowest BCUT2D eigenvalue weighted by molar-refractivity contribution is 0.0913. The average molecular weight is 572 g/mol. The summed E-state index contributed by atoms with van der Waals surface area (Å²) in [5.41, 5.74) is 2.26. The first-order valence-electron chi connectivity index (χ1n) is 10.7. The van der Waals surface area contributed by atoms with Crippen LogP contribution in [-0.2, 0) is 23.2 Å². The van der Waals surface area contributed by atoms with Crippen LogP contribution in [0.1, 0.15) is 41.0 Å². The molecule has 0 aliphatic carbocycles. The third-order valence-electron chi connectivity index (χ3n) is 5.44. The zero-order chi connectivity index (χ0) is 25.0. The second-order valence-electron chi connectivity index (χ2n) is 8.33. The molecule has 1 amide bonds. The predicted molar refractivity (Wildman–Crippen MR) is 143 cm³/mol. The van der Waals surface area contributed by atoms with E-state index in [-0.39, 0.29) is 23.0 Å². The SMILES string of the molecule is CC(C)(NC(=O)c1ccc(Br)cc1N(c1nsnc1Cc1ccccc1)S(=O)O)c1ccccc1. The first kappa shape index (κ1) is 25.2. The number of benzene rings is 3. The topological polar surface area (TPSA) is 95.4 Å². The summed E-state index contributed by atoms with van der Waals surface area (Å²) in [6, 6.07) is 24.2. The van der Waals surface area contributed by atoms with Crippen LogP contribution in [0.4, 0.5) is 11.5 Å². The molecule has 2 N–H and O–H groups in total. The van der Waals surface area contributed by atoms with Crippen molar-refractivity contribution in [1.29, 1.82) is 0 Å². The van der Waals surface area contributed by atoms with Gasteiger partial charge in [0.1, 0.15) is 5.69 Å². The van der Waals surface area contributed by atoms with Gasteiger partial charge in [0.05, 0.1) is 28.5 Å². The van der Waals surface area contributed by atoms with E-state index < -0.39 is 16.8 Å². The Morgan fingerprint density at radius 1 is 1.06 bits per heavy atom. The van der Waals surface area contributed by atoms with Gasteiger partial charge >= 0.3 is 0 Å². The van der Waals surface area contributed by atoms with Gasteiger partial charge in [-0.15, -0.1) is 0 Å². The summed E-state index contributed by atoms with van der Waals surface area (Å²) < 4.78 is 33.4. The second kappa shape index (κ2) is 10.8. The highest BCUT2D eigenvalue weighted by Gasteiger charge is 2.30. The lowest BCUT2D eigenvalue weighted by Crippen LogP contribution is -2.41. The Balaban J connectivity index is 1.73. The van der Waals surface area contributed by atoms with E-state index in [1.54, 1.807) is 18.2 Å². The minimum absolute atomic E-state index is 0.231. The van der Waals surface area contributed by atoms with Crippen LogP contribution in [0, 0.1) is 0 Å². The number of halogens is 1. The van der Waals surface area contributed by atoms with Crippen molar-refractivity contribution in [2.75, 3.05) is 4.31 Å². The van der Waals surface area contributed by atoms with Crippen molar-refractivity contribution in [2.45, 2.75) is 25.8 Å². The maximum Gasteiger partial charge on any atom is 0.268 e. The standard InChI is InChI=1S/C25H23BrN4O3S2/c1-25(2,18-11-7-4-8-12-18)27-24(31)20-14-13-19(26)16-22(20)30(35(32)33)23-21(28-34-29-23)15-17-9-5-3-6-10-17/h3-14,16H,15H2,1-2H3,(H,27,31)(H,32,33). The fourth-order valence-electron chi connectivity index (χ4n) is 3.67. The number of hydrogen-bond acceptors (Lipinski definition) is 5. The normalized spacial score (nSPS) is 12.2. The molecule has 1 heterocycles. The summed E-state index contributed by atoms with van der Waals surface area (Å²) in [6.45, 7) is 3.81. The predicted octanol–water partition coefficient (Wildman–Crippen LogP) is 5.83. The van der Waals surface area contributed by atoms with Crippen molar-refractivity contribution in [3.63, 3.8) is 0 Å². The molecule has 0 saturated carbocycles. The Kier molecular flexibility index (Phi) is 7.75. The third-order valence-corrected chi connectivity index (χ3v) is 7.18. The van der Waals surface area contributed by atoms with Gasteiger partial charge in [-0.3, -0.25) is 9.35 Å². The Morgan fingerprint density at radius 2 is 1.71 bits per heavy atom. The molecule has 7 nitrogen and oxygen atoms in total. The van der Waals surface area contributed by atoms with E-state index in [0.29, 0.717) is 16.6 Å². The van der Waals surface area contributed by atoms with Crippen LogP contribution in [0.3, 0.4) is 0 Å². The molecule has 0 saturated heterocycles. The Labute approximate surface area is 219 Å². The van der Waals surface area contributed by atoms with Gasteiger partial charge in [-0.25, -0.2) is 8.51 Å². The number of rotatable bonds is 8. The van der Waals surface area contributed by atoms with Crippen LogP contribution in [0.15, 0.2) is 83.3 Å². The zero-order valence-electron chi connectivity index (χ0n) is 19.0. The molecule has 4 rings (SSSR count). The van der Waals surface area contributed by atoms with Crippen molar-refractivity contribution in [1.82, 2.24) is 14.1 Å². The number of carbonyl (C=O) groups is 1. The molecule has 35 heavy (non-hydrogen) atoms. The molecule has 0 aliphatic heterocycles. The minimum Gasteiger partial charge on any atom is -0.343 e. The first-order valence-corrected chi connectivity index (χ1v) is 13.3. The molecule has 3 aromatic carbocycles. The molecule has 0 bridgehead atoms. The van der Waals surface area contributed by atoms with Gasteiger partial charge in [0, 0.05) is 10.9 Å². The van der Waals surface area contributed by atoms with Crippen LogP contribution in [-0.4, -0.2) is 23.4 Å². The van der Waals surface area contributed by atoms with Crippen LogP contribution in [0.2, 0.25) is 0 Å². The van der Waals surface area contributed by atoms with Crippen LogP contribution >= 0.6 is 27.7 Å². The molecule has 1 aromatic heterocycles. The zero-order valence-corrected chi connectivity index (χ0v) is 22.2. The molecule has 0 aliphatic rings. The summed E-state index contributed by atoms with van der Waals surface area (Å²) >= 11 is 1.87. The number of hydrogen-bond donors (Lipinski definition) is 2. The molecular weight excluding hydrogens is 548 g/mol. The molecule has 10 heteroatoms. The maximum atomic E-state index is 13.5. The van der Waals surface area contributed by atoms with E-state index in [1.165, 1.54) is 0 Å². The van der Waals surface area contributed by atoms with Crippen molar-refractivity contribution < 1.29 is 13.6 Å². The van der Waals surface area contributed by atoms with Crippen molar-refractivity contribution in [3.8, 4) is 0 Å². The summed E-state index contributed by atoms with van der Waals surface area (Å²) in [6.07, 6.45) is 0.428. The van der Waals surface area contributed by atoms with Crippen LogP contribution < -0.4 is 9.62 Å². The van der Waals surface area contributed by atoms with Gasteiger partial charge in [-0.05, 0) is 43.2 Å². The quantitative estimate of drug-likeness (QED) is 0.260. The Hall–Kier alpha value is -2.92. The van der Waals surface area contributed by atoms with Gasteiger partial charge in [0.25, 0.3) is 17.2 Å². The summed E-state index contributed by atoms with van der Waals surface area (Å²) in [4.78, 5) is 13.5. The number of carbonyl (C=O) groups excluding carboxylic acids is 1. The third kappa shape index (κ3) is 5.84. The number of anilines is 2. The molecule has 0 fully saturated rings. The maximum absolute atomic E-state index is 13.5. The highest BCUT2D eigenvalue weighted by atomic mass is 79.9. The van der Waals surface area contributed by atoms with Gasteiger partial charge in [-0.1, -0.05) is 76.6 Å². The summed E-state index contributed by atoms with van der Waals surface area (Å²) in [7, 11) is 0. The second-order valence-corrected chi connectivity index (χ2v) is 10.6. The van der Waals surface area contributed by atoms with Crippen molar-refractivity contribution >= 4 is 56.3 Å². The molecule has 1 unspecified atom stereocenters. The van der Waals surface area contributed by atoms with E-state index in [9.17, 15) is 13.6 Å². The number of nitrogens with zero attached hydrogens (tertiary/aromatic N) is 3. The highest BCUT2D eigenvalue weighted by molar-refractivity contribution is 9.10. The Bertz CT molecular complexity index is 1350. The first-order chi connectivity index (χ1) is 16.8. The number of aromatic nitrogens is 2. The smallest absolute Gasteiger partial charge is 0.268 e. The van der Waals surface area contributed by atoms with E-state index in [1.807, 2.05) is 74.5 Å². The minimum atomic E-state index is -2.51. The fraction of sp³-hybridized carbons (Fsp3) is 0.160. The number of nitrogens with one attached hydrogen (secondary N) is 1. The van der Waals surface area contributed by atoms with E-state index >= 15 is 0 Å². The van der Waals surface area contributed by atoms with Crippen molar-refractivity contribution in [2.24, 2.45) is 0 Å². The molecule has 1 atom stereocenters. The van der Waals surface area contributed by atoms with Gasteiger partial charge in [0.15, 0.2) is 5.82 Å². The van der Waals surface area contributed by atoms with Crippen LogP contribution in [0.5, 0.6) is 0 Å². The lowest BCUT2D eigenvalue weighted by Gasteiger charge is -2.28. The van der Waals surface area contributed by atoms with E-state index in [0.717, 1.165) is 27.2 Å².